The number of rotatable bonds is 3. The molecule has 0 atom stereocenters. The van der Waals surface area contributed by atoms with Gasteiger partial charge in [-0.2, -0.15) is 0 Å². The maximum atomic E-state index is 13.5. The number of aromatic nitrogens is 1. The molecule has 0 aliphatic rings. The zero-order chi connectivity index (χ0) is 14.0. The number of halogens is 1. The fourth-order valence-corrected chi connectivity index (χ4v) is 2.12. The first-order chi connectivity index (χ1) is 8.99. The van der Waals surface area contributed by atoms with Gasteiger partial charge in [0.15, 0.2) is 0 Å². The van der Waals surface area contributed by atoms with Gasteiger partial charge in [0, 0.05) is 12.1 Å². The van der Waals surface area contributed by atoms with E-state index in [9.17, 15) is 19.3 Å². The van der Waals surface area contributed by atoms with Crippen LogP contribution in [0, 0.1) is 22.9 Å². The molecule has 0 bridgehead atoms. The zero-order valence-electron chi connectivity index (χ0n) is 9.71. The quantitative estimate of drug-likeness (QED) is 0.692. The lowest BCUT2D eigenvalue weighted by atomic mass is 10.2. The number of carbonyl (C=O) groups excluding carboxylic acids is 1. The van der Waals surface area contributed by atoms with E-state index >= 15 is 0 Å². The molecule has 0 aliphatic heterocycles. The van der Waals surface area contributed by atoms with E-state index in [1.54, 1.807) is 6.92 Å². The number of benzene rings is 1. The summed E-state index contributed by atoms with van der Waals surface area (Å²) in [5.41, 5.74) is 1.49. The van der Waals surface area contributed by atoms with Gasteiger partial charge in [0.25, 0.3) is 11.6 Å². The number of nitro benzene ring substituents is 1. The molecule has 0 saturated heterocycles. The lowest BCUT2D eigenvalue weighted by molar-refractivity contribution is -0.384. The topological polar surface area (TPSA) is 85.1 Å². The second-order valence-electron chi connectivity index (χ2n) is 3.64. The molecule has 0 aliphatic carbocycles. The van der Waals surface area contributed by atoms with E-state index in [1.807, 2.05) is 0 Å². The summed E-state index contributed by atoms with van der Waals surface area (Å²) < 4.78 is 13.5. The number of anilines is 1. The molecular weight excluding hydrogens is 273 g/mol. The Bertz CT molecular complexity index is 656. The van der Waals surface area contributed by atoms with Crippen LogP contribution in [0.4, 0.5) is 15.8 Å². The third-order valence-corrected chi connectivity index (χ3v) is 3.29. The maximum Gasteiger partial charge on any atom is 0.271 e. The predicted octanol–water partition coefficient (Wildman–Crippen LogP) is 2.75. The minimum atomic E-state index is -0.735. The molecule has 1 amide bonds. The van der Waals surface area contributed by atoms with Gasteiger partial charge in [0.05, 0.1) is 21.8 Å². The number of non-ortho nitro benzene ring substituents is 1. The molecule has 98 valence electrons. The first-order valence-corrected chi connectivity index (χ1v) is 6.02. The fraction of sp³-hybridized carbons (Fsp3) is 0.0909. The fourth-order valence-electron chi connectivity index (χ4n) is 1.42. The Morgan fingerprint density at radius 3 is 2.84 bits per heavy atom. The van der Waals surface area contributed by atoms with E-state index < -0.39 is 16.6 Å². The number of nitro groups is 1. The largest absolute Gasteiger partial charge is 0.318 e. The molecule has 1 aromatic carbocycles. The molecule has 1 N–H and O–H groups in total. The third kappa shape index (κ3) is 2.74. The Morgan fingerprint density at radius 1 is 1.53 bits per heavy atom. The highest BCUT2D eigenvalue weighted by Crippen LogP contribution is 2.23. The average Bonchev–Trinajstić information content (AvgIpc) is 2.78. The number of carbonyl (C=O) groups is 1. The van der Waals surface area contributed by atoms with E-state index in [0.29, 0.717) is 10.6 Å². The summed E-state index contributed by atoms with van der Waals surface area (Å²) in [5.74, 6) is -1.28. The number of amides is 1. The standard InChI is InChI=1S/C11H8FN3O3S/c1-6-10(19-5-13-6)11(16)14-9-4-7(15(17)18)2-3-8(9)12/h2-5H,1H3,(H,14,16). The van der Waals surface area contributed by atoms with Crippen LogP contribution in [0.25, 0.3) is 0 Å². The smallest absolute Gasteiger partial charge is 0.271 e. The Balaban J connectivity index is 2.28. The van der Waals surface area contributed by atoms with Crippen molar-refractivity contribution in [2.75, 3.05) is 5.32 Å². The molecule has 2 aromatic rings. The third-order valence-electron chi connectivity index (χ3n) is 2.36. The average molecular weight is 281 g/mol. The van der Waals surface area contributed by atoms with Crippen molar-refractivity contribution in [3.05, 3.63) is 50.2 Å². The van der Waals surface area contributed by atoms with Crippen molar-refractivity contribution in [1.29, 1.82) is 0 Å². The van der Waals surface area contributed by atoms with Crippen molar-refractivity contribution in [2.45, 2.75) is 6.92 Å². The van der Waals surface area contributed by atoms with Crippen molar-refractivity contribution in [3.63, 3.8) is 0 Å². The minimum absolute atomic E-state index is 0.230. The van der Waals surface area contributed by atoms with Crippen LogP contribution in [0.3, 0.4) is 0 Å². The lowest BCUT2D eigenvalue weighted by Gasteiger charge is -2.05. The van der Waals surface area contributed by atoms with Crippen LogP contribution in [0.2, 0.25) is 0 Å². The molecule has 19 heavy (non-hydrogen) atoms. The molecule has 0 spiro atoms. The number of hydrogen-bond acceptors (Lipinski definition) is 5. The highest BCUT2D eigenvalue weighted by Gasteiger charge is 2.16. The highest BCUT2D eigenvalue weighted by atomic mass is 32.1. The van der Waals surface area contributed by atoms with Gasteiger partial charge in [0.1, 0.15) is 10.7 Å². The highest BCUT2D eigenvalue weighted by molar-refractivity contribution is 7.12. The first-order valence-electron chi connectivity index (χ1n) is 5.14. The molecule has 0 saturated carbocycles. The summed E-state index contributed by atoms with van der Waals surface area (Å²) in [5, 5.41) is 12.9. The van der Waals surface area contributed by atoms with E-state index in [1.165, 1.54) is 5.51 Å². The summed E-state index contributed by atoms with van der Waals surface area (Å²) in [4.78, 5) is 26.0. The van der Waals surface area contributed by atoms with Crippen LogP contribution in [0.5, 0.6) is 0 Å². The van der Waals surface area contributed by atoms with Crippen molar-refractivity contribution in [3.8, 4) is 0 Å². The van der Waals surface area contributed by atoms with Crippen LogP contribution >= 0.6 is 11.3 Å². The maximum absolute atomic E-state index is 13.5. The molecule has 0 unspecified atom stereocenters. The van der Waals surface area contributed by atoms with Crippen molar-refractivity contribution < 1.29 is 14.1 Å². The molecule has 0 radical (unpaired) electrons. The molecule has 1 aromatic heterocycles. The minimum Gasteiger partial charge on any atom is -0.318 e. The number of hydrogen-bond donors (Lipinski definition) is 1. The van der Waals surface area contributed by atoms with Gasteiger partial charge in [-0.05, 0) is 13.0 Å². The SMILES string of the molecule is Cc1ncsc1C(=O)Nc1cc([N+](=O)[O-])ccc1F. The Labute approximate surface area is 111 Å². The van der Waals surface area contributed by atoms with Gasteiger partial charge in [-0.1, -0.05) is 0 Å². The van der Waals surface area contributed by atoms with Crippen LogP contribution < -0.4 is 5.32 Å². The van der Waals surface area contributed by atoms with Gasteiger partial charge < -0.3 is 5.32 Å². The van der Waals surface area contributed by atoms with Gasteiger partial charge in [-0.25, -0.2) is 9.37 Å². The second kappa shape index (κ2) is 5.11. The van der Waals surface area contributed by atoms with E-state index in [4.69, 9.17) is 0 Å². The van der Waals surface area contributed by atoms with Crippen molar-refractivity contribution in [2.24, 2.45) is 0 Å². The van der Waals surface area contributed by atoms with Crippen LogP contribution in [0.15, 0.2) is 23.7 Å². The number of nitrogens with zero attached hydrogens (tertiary/aromatic N) is 2. The van der Waals surface area contributed by atoms with Crippen LogP contribution in [-0.2, 0) is 0 Å². The summed E-state index contributed by atoms with van der Waals surface area (Å²) in [7, 11) is 0. The van der Waals surface area contributed by atoms with Crippen molar-refractivity contribution in [1.82, 2.24) is 4.98 Å². The van der Waals surface area contributed by atoms with Gasteiger partial charge in [-0.3, -0.25) is 14.9 Å². The normalized spacial score (nSPS) is 10.2. The van der Waals surface area contributed by atoms with Crippen LogP contribution in [-0.4, -0.2) is 15.8 Å². The predicted molar refractivity (Wildman–Crippen MR) is 67.9 cm³/mol. The summed E-state index contributed by atoms with van der Waals surface area (Å²) in [6.07, 6.45) is 0. The Kier molecular flexibility index (Phi) is 3.52. The molecule has 1 heterocycles. The monoisotopic (exact) mass is 281 g/mol. The van der Waals surface area contributed by atoms with E-state index in [-0.39, 0.29) is 11.4 Å². The van der Waals surface area contributed by atoms with Gasteiger partial charge in [-0.15, -0.1) is 11.3 Å². The number of thiazole rings is 1. The van der Waals surface area contributed by atoms with Gasteiger partial charge >= 0.3 is 0 Å². The van der Waals surface area contributed by atoms with Gasteiger partial charge in [0.2, 0.25) is 0 Å². The Hall–Kier alpha value is -2.35. The molecule has 2 rings (SSSR count). The lowest BCUT2D eigenvalue weighted by Crippen LogP contribution is -2.13. The molecule has 6 nitrogen and oxygen atoms in total. The second-order valence-corrected chi connectivity index (χ2v) is 4.50. The number of nitrogens with one attached hydrogen (secondary N) is 1. The Morgan fingerprint density at radius 2 is 2.26 bits per heavy atom. The summed E-state index contributed by atoms with van der Waals surface area (Å²) in [6.45, 7) is 1.65. The molecular formula is C11H8FN3O3S. The summed E-state index contributed by atoms with van der Waals surface area (Å²) >= 11 is 1.11. The van der Waals surface area contributed by atoms with E-state index in [0.717, 1.165) is 29.5 Å². The van der Waals surface area contributed by atoms with E-state index in [2.05, 4.69) is 10.3 Å². The zero-order valence-corrected chi connectivity index (χ0v) is 10.5. The molecule has 0 fully saturated rings. The molecule has 8 heteroatoms. The van der Waals surface area contributed by atoms with Crippen molar-refractivity contribution >= 4 is 28.6 Å². The summed E-state index contributed by atoms with van der Waals surface area (Å²) in [6, 6.07) is 2.94. The van der Waals surface area contributed by atoms with Crippen LogP contribution in [0.1, 0.15) is 15.4 Å². The number of aryl methyl sites for hydroxylation is 1. The first kappa shape index (κ1) is 13.1.